The van der Waals surface area contributed by atoms with Crippen LogP contribution in [0, 0.1) is 5.82 Å². The van der Waals surface area contributed by atoms with Crippen molar-refractivity contribution in [3.8, 4) is 0 Å². The Balaban J connectivity index is 2.22. The van der Waals surface area contributed by atoms with Crippen LogP contribution in [-0.2, 0) is 9.59 Å². The van der Waals surface area contributed by atoms with Gasteiger partial charge < -0.3 is 10.2 Å². The third-order valence-electron chi connectivity index (χ3n) is 3.56. The molecule has 0 saturated carbocycles. The Kier molecular flexibility index (Phi) is 5.46. The van der Waals surface area contributed by atoms with Gasteiger partial charge in [0.25, 0.3) is 0 Å². The van der Waals surface area contributed by atoms with Crippen LogP contribution in [0.2, 0.25) is 0 Å². The molecule has 1 N–H and O–H groups in total. The van der Waals surface area contributed by atoms with Gasteiger partial charge in [-0.1, -0.05) is 42.5 Å². The maximum absolute atomic E-state index is 13.1. The van der Waals surface area contributed by atoms with E-state index in [9.17, 15) is 14.0 Å². The molecular formula is C18H19FN2O2. The minimum atomic E-state index is -0.398. The van der Waals surface area contributed by atoms with Crippen LogP contribution < -0.4 is 5.32 Å². The minimum Gasteiger partial charge on any atom is -0.344 e. The molecule has 1 atom stereocenters. The van der Waals surface area contributed by atoms with Crippen LogP contribution in [0.3, 0.4) is 0 Å². The zero-order valence-corrected chi connectivity index (χ0v) is 13.1. The highest BCUT2D eigenvalue weighted by atomic mass is 19.1. The highest BCUT2D eigenvalue weighted by Crippen LogP contribution is 2.22. The molecule has 0 bridgehead atoms. The predicted molar refractivity (Wildman–Crippen MR) is 86.1 cm³/mol. The van der Waals surface area contributed by atoms with E-state index < -0.39 is 6.04 Å². The van der Waals surface area contributed by atoms with Crippen molar-refractivity contribution in [2.45, 2.75) is 13.0 Å². The molecule has 0 unspecified atom stereocenters. The molecule has 0 aliphatic carbocycles. The first-order chi connectivity index (χ1) is 11.0. The van der Waals surface area contributed by atoms with Gasteiger partial charge in [-0.2, -0.15) is 0 Å². The topological polar surface area (TPSA) is 49.4 Å². The van der Waals surface area contributed by atoms with Crippen LogP contribution >= 0.6 is 0 Å². The lowest BCUT2D eigenvalue weighted by atomic mass is 9.98. The molecule has 0 fully saturated rings. The molecule has 120 valence electrons. The molecule has 0 heterocycles. The lowest BCUT2D eigenvalue weighted by Crippen LogP contribution is -2.39. The Hall–Kier alpha value is -2.69. The first-order valence-electron chi connectivity index (χ1n) is 7.29. The highest BCUT2D eigenvalue weighted by Gasteiger charge is 2.18. The van der Waals surface area contributed by atoms with E-state index in [1.54, 1.807) is 19.2 Å². The Morgan fingerprint density at radius 3 is 2.17 bits per heavy atom. The molecule has 0 spiro atoms. The molecule has 0 saturated heterocycles. The summed E-state index contributed by atoms with van der Waals surface area (Å²) in [5.41, 5.74) is 1.66. The van der Waals surface area contributed by atoms with Gasteiger partial charge in [0.05, 0.1) is 12.6 Å². The van der Waals surface area contributed by atoms with Crippen LogP contribution in [-0.4, -0.2) is 30.3 Å². The fourth-order valence-electron chi connectivity index (χ4n) is 2.19. The second-order valence-corrected chi connectivity index (χ2v) is 5.34. The first-order valence-corrected chi connectivity index (χ1v) is 7.29. The average molecular weight is 314 g/mol. The Morgan fingerprint density at radius 2 is 1.61 bits per heavy atom. The van der Waals surface area contributed by atoms with Crippen LogP contribution in [0.4, 0.5) is 4.39 Å². The maximum atomic E-state index is 13.1. The van der Waals surface area contributed by atoms with Gasteiger partial charge in [0.15, 0.2) is 0 Å². The number of likely N-dealkylation sites (N-methyl/N-ethyl adjacent to an activating group) is 1. The Morgan fingerprint density at radius 1 is 1.04 bits per heavy atom. The third-order valence-corrected chi connectivity index (χ3v) is 3.56. The molecule has 2 aromatic rings. The lowest BCUT2D eigenvalue weighted by molar-refractivity contribution is -0.133. The van der Waals surface area contributed by atoms with E-state index in [0.717, 1.165) is 11.1 Å². The monoisotopic (exact) mass is 314 g/mol. The van der Waals surface area contributed by atoms with Crippen LogP contribution in [0.1, 0.15) is 24.1 Å². The van der Waals surface area contributed by atoms with Crippen molar-refractivity contribution in [3.05, 3.63) is 71.5 Å². The van der Waals surface area contributed by atoms with E-state index in [1.165, 1.54) is 24.0 Å². The SMILES string of the molecule is CC(=O)N(C)CC(=O)N[C@H](c1ccccc1)c1ccc(F)cc1. The quantitative estimate of drug-likeness (QED) is 0.922. The third kappa shape index (κ3) is 4.64. The molecule has 2 aromatic carbocycles. The van der Waals surface area contributed by atoms with Gasteiger partial charge in [-0.15, -0.1) is 0 Å². The predicted octanol–water partition coefficient (Wildman–Crippen LogP) is 2.51. The molecule has 0 aliphatic rings. The average Bonchev–Trinajstić information content (AvgIpc) is 2.54. The largest absolute Gasteiger partial charge is 0.344 e. The molecular weight excluding hydrogens is 295 g/mol. The van der Waals surface area contributed by atoms with E-state index in [4.69, 9.17) is 0 Å². The van der Waals surface area contributed by atoms with Gasteiger partial charge in [-0.3, -0.25) is 9.59 Å². The van der Waals surface area contributed by atoms with E-state index >= 15 is 0 Å². The standard InChI is InChI=1S/C18H19FN2O2/c1-13(22)21(2)12-17(23)20-18(14-6-4-3-5-7-14)15-8-10-16(19)11-9-15/h3-11,18H,12H2,1-2H3,(H,20,23)/t18-/m1/s1. The Labute approximate surface area is 134 Å². The minimum absolute atomic E-state index is 0.0279. The number of hydrogen-bond acceptors (Lipinski definition) is 2. The number of carbonyl (C=O) groups is 2. The van der Waals surface area contributed by atoms with Crippen molar-refractivity contribution in [1.82, 2.24) is 10.2 Å². The first kappa shape index (κ1) is 16.7. The number of nitrogens with one attached hydrogen (secondary N) is 1. The summed E-state index contributed by atoms with van der Waals surface area (Å²) in [6.07, 6.45) is 0. The van der Waals surface area contributed by atoms with Crippen molar-refractivity contribution < 1.29 is 14.0 Å². The lowest BCUT2D eigenvalue weighted by Gasteiger charge is -2.22. The Bertz CT molecular complexity index is 671. The summed E-state index contributed by atoms with van der Waals surface area (Å²) >= 11 is 0. The molecule has 4 nitrogen and oxygen atoms in total. The highest BCUT2D eigenvalue weighted by molar-refractivity contribution is 5.84. The fourth-order valence-corrected chi connectivity index (χ4v) is 2.19. The maximum Gasteiger partial charge on any atom is 0.240 e. The summed E-state index contributed by atoms with van der Waals surface area (Å²) in [6, 6.07) is 15.0. The van der Waals surface area contributed by atoms with E-state index in [1.807, 2.05) is 30.3 Å². The molecule has 2 rings (SSSR count). The number of carbonyl (C=O) groups excluding carboxylic acids is 2. The second kappa shape index (κ2) is 7.54. The summed E-state index contributed by atoms with van der Waals surface area (Å²) in [6.45, 7) is 1.38. The van der Waals surface area contributed by atoms with E-state index in [2.05, 4.69) is 5.32 Å². The number of halogens is 1. The van der Waals surface area contributed by atoms with E-state index in [-0.39, 0.29) is 24.2 Å². The number of nitrogens with zero attached hydrogens (tertiary/aromatic N) is 1. The van der Waals surface area contributed by atoms with Crippen molar-refractivity contribution in [2.75, 3.05) is 13.6 Å². The number of amides is 2. The zero-order valence-electron chi connectivity index (χ0n) is 13.1. The molecule has 23 heavy (non-hydrogen) atoms. The summed E-state index contributed by atoms with van der Waals surface area (Å²) < 4.78 is 13.1. The van der Waals surface area contributed by atoms with Crippen LogP contribution in [0.5, 0.6) is 0 Å². The fraction of sp³-hybridized carbons (Fsp3) is 0.222. The molecule has 0 aliphatic heterocycles. The van der Waals surface area contributed by atoms with Gasteiger partial charge in [-0.25, -0.2) is 4.39 Å². The summed E-state index contributed by atoms with van der Waals surface area (Å²) in [4.78, 5) is 24.8. The van der Waals surface area contributed by atoms with Gasteiger partial charge in [0.2, 0.25) is 11.8 Å². The molecule has 5 heteroatoms. The van der Waals surface area contributed by atoms with Crippen molar-refractivity contribution >= 4 is 11.8 Å². The number of rotatable bonds is 5. The van der Waals surface area contributed by atoms with Gasteiger partial charge in [0.1, 0.15) is 5.82 Å². The van der Waals surface area contributed by atoms with Crippen molar-refractivity contribution in [1.29, 1.82) is 0 Å². The van der Waals surface area contributed by atoms with Crippen LogP contribution in [0.25, 0.3) is 0 Å². The molecule has 0 radical (unpaired) electrons. The zero-order chi connectivity index (χ0) is 16.8. The van der Waals surface area contributed by atoms with Gasteiger partial charge in [-0.05, 0) is 23.3 Å². The number of hydrogen-bond donors (Lipinski definition) is 1. The summed E-state index contributed by atoms with van der Waals surface area (Å²) in [5, 5.41) is 2.90. The van der Waals surface area contributed by atoms with Crippen molar-refractivity contribution in [3.63, 3.8) is 0 Å². The van der Waals surface area contributed by atoms with Gasteiger partial charge in [0, 0.05) is 14.0 Å². The second-order valence-electron chi connectivity index (χ2n) is 5.34. The van der Waals surface area contributed by atoms with Gasteiger partial charge >= 0.3 is 0 Å². The number of benzene rings is 2. The molecule has 0 aromatic heterocycles. The smallest absolute Gasteiger partial charge is 0.240 e. The normalized spacial score (nSPS) is 11.6. The summed E-state index contributed by atoms with van der Waals surface area (Å²) in [7, 11) is 1.57. The molecule has 2 amide bonds. The van der Waals surface area contributed by atoms with Crippen LogP contribution in [0.15, 0.2) is 54.6 Å². The van der Waals surface area contributed by atoms with E-state index in [0.29, 0.717) is 0 Å². The van der Waals surface area contributed by atoms with Crippen molar-refractivity contribution in [2.24, 2.45) is 0 Å². The summed E-state index contributed by atoms with van der Waals surface area (Å²) in [5.74, 6) is -0.790.